The second kappa shape index (κ2) is 5.60. The van der Waals surface area contributed by atoms with E-state index in [1.807, 2.05) is 22.8 Å². The molecule has 2 aromatic heterocycles. The number of hydrogen-bond donors (Lipinski definition) is 0. The normalized spacial score (nSPS) is 14.2. The van der Waals surface area contributed by atoms with Crippen LogP contribution in [-0.4, -0.2) is 14.6 Å². The van der Waals surface area contributed by atoms with Crippen LogP contribution in [0.1, 0.15) is 37.9 Å². The van der Waals surface area contributed by atoms with Gasteiger partial charge in [0.25, 0.3) is 0 Å². The van der Waals surface area contributed by atoms with Crippen molar-refractivity contribution in [1.29, 1.82) is 0 Å². The predicted octanol–water partition coefficient (Wildman–Crippen LogP) is 4.60. The van der Waals surface area contributed by atoms with Crippen LogP contribution in [0.4, 0.5) is 0 Å². The fourth-order valence-electron chi connectivity index (χ4n) is 2.91. The predicted molar refractivity (Wildman–Crippen MR) is 88.5 cm³/mol. The maximum Gasteiger partial charge on any atom is 0.155 e. The molecule has 0 aliphatic heterocycles. The maximum absolute atomic E-state index is 4.75. The molecule has 0 fully saturated rings. The van der Waals surface area contributed by atoms with Crippen molar-refractivity contribution < 1.29 is 0 Å². The Bertz CT molecular complexity index is 732. The summed E-state index contributed by atoms with van der Waals surface area (Å²) in [5, 5.41) is 4.75. The van der Waals surface area contributed by atoms with Crippen molar-refractivity contribution in [3.63, 3.8) is 0 Å². The summed E-state index contributed by atoms with van der Waals surface area (Å²) in [5.41, 5.74) is 3.11. The smallest absolute Gasteiger partial charge is 0.155 e. The quantitative estimate of drug-likeness (QED) is 0.693. The first kappa shape index (κ1) is 14.3. The molecule has 0 N–H and O–H groups in total. The Morgan fingerprint density at radius 2 is 2.05 bits per heavy atom. The van der Waals surface area contributed by atoms with Crippen LogP contribution >= 0.6 is 15.9 Å². The number of hydrogen-bond acceptors (Lipinski definition) is 2. The van der Waals surface area contributed by atoms with Gasteiger partial charge in [0.1, 0.15) is 0 Å². The number of nitrogens with zero attached hydrogens (tertiary/aromatic N) is 3. The van der Waals surface area contributed by atoms with Crippen molar-refractivity contribution in [3.8, 4) is 0 Å². The third kappa shape index (κ3) is 2.48. The van der Waals surface area contributed by atoms with E-state index in [2.05, 4.69) is 59.0 Å². The van der Waals surface area contributed by atoms with Crippen molar-refractivity contribution in [2.45, 2.75) is 32.1 Å². The van der Waals surface area contributed by atoms with Crippen LogP contribution in [0, 0.1) is 0 Å². The number of benzene rings is 1. The minimum atomic E-state index is -0.122. The summed E-state index contributed by atoms with van der Waals surface area (Å²) in [6.45, 7) is 4.47. The highest BCUT2D eigenvalue weighted by molar-refractivity contribution is 9.10. The standard InChI is InChI=1S/C17H18BrN3/c1-3-9-17(2,13-7-4-5-8-14(13)18)15-12-16-19-10-6-11-21(16)20-15/h4-8,10-12H,3,9H2,1-2H3. The minimum Gasteiger partial charge on any atom is -0.237 e. The third-order valence-corrected chi connectivity index (χ3v) is 4.71. The van der Waals surface area contributed by atoms with Crippen LogP contribution in [0.3, 0.4) is 0 Å². The highest BCUT2D eigenvalue weighted by atomic mass is 79.9. The second-order valence-corrected chi connectivity index (χ2v) is 6.37. The Kier molecular flexibility index (Phi) is 3.81. The van der Waals surface area contributed by atoms with E-state index in [4.69, 9.17) is 5.10 Å². The average molecular weight is 344 g/mol. The van der Waals surface area contributed by atoms with Gasteiger partial charge in [0.05, 0.1) is 5.69 Å². The lowest BCUT2D eigenvalue weighted by Gasteiger charge is -2.29. The summed E-state index contributed by atoms with van der Waals surface area (Å²) in [4.78, 5) is 4.38. The van der Waals surface area contributed by atoms with Gasteiger partial charge >= 0.3 is 0 Å². The molecule has 0 bridgehead atoms. The molecule has 0 aliphatic rings. The Labute approximate surface area is 133 Å². The zero-order valence-electron chi connectivity index (χ0n) is 12.3. The van der Waals surface area contributed by atoms with Gasteiger partial charge in [-0.1, -0.05) is 47.5 Å². The molecule has 0 saturated carbocycles. The monoisotopic (exact) mass is 343 g/mol. The first-order chi connectivity index (χ1) is 10.1. The van der Waals surface area contributed by atoms with E-state index >= 15 is 0 Å². The number of fused-ring (bicyclic) bond motifs is 1. The van der Waals surface area contributed by atoms with Crippen LogP contribution in [0.25, 0.3) is 5.65 Å². The van der Waals surface area contributed by atoms with E-state index in [1.54, 1.807) is 6.20 Å². The van der Waals surface area contributed by atoms with E-state index in [0.29, 0.717) is 0 Å². The first-order valence-corrected chi connectivity index (χ1v) is 8.00. The Morgan fingerprint density at radius 3 is 2.76 bits per heavy atom. The molecule has 0 spiro atoms. The van der Waals surface area contributed by atoms with Gasteiger partial charge in [-0.15, -0.1) is 0 Å². The summed E-state index contributed by atoms with van der Waals surface area (Å²) in [5.74, 6) is 0. The van der Waals surface area contributed by atoms with Gasteiger partial charge in [-0.3, -0.25) is 0 Å². The van der Waals surface area contributed by atoms with Gasteiger partial charge in [-0.2, -0.15) is 5.10 Å². The molecule has 3 nitrogen and oxygen atoms in total. The number of aromatic nitrogens is 3. The third-order valence-electron chi connectivity index (χ3n) is 4.02. The molecule has 1 atom stereocenters. The largest absolute Gasteiger partial charge is 0.237 e. The Morgan fingerprint density at radius 1 is 1.24 bits per heavy atom. The maximum atomic E-state index is 4.75. The summed E-state index contributed by atoms with van der Waals surface area (Å²) in [7, 11) is 0. The number of rotatable bonds is 4. The van der Waals surface area contributed by atoms with Crippen molar-refractivity contribution in [1.82, 2.24) is 14.6 Å². The van der Waals surface area contributed by atoms with Gasteiger partial charge < -0.3 is 0 Å². The molecule has 3 aromatic rings. The van der Waals surface area contributed by atoms with E-state index < -0.39 is 0 Å². The molecule has 0 saturated heterocycles. The van der Waals surface area contributed by atoms with E-state index in [-0.39, 0.29) is 5.41 Å². The topological polar surface area (TPSA) is 30.2 Å². The molecule has 0 amide bonds. The fraction of sp³-hybridized carbons (Fsp3) is 0.294. The number of halogens is 1. The fourth-order valence-corrected chi connectivity index (χ4v) is 3.63. The van der Waals surface area contributed by atoms with Crippen LogP contribution in [0.2, 0.25) is 0 Å². The SMILES string of the molecule is CCCC(C)(c1cc2ncccn2n1)c1ccccc1Br. The van der Waals surface area contributed by atoms with Crippen molar-refractivity contribution in [2.75, 3.05) is 0 Å². The summed E-state index contributed by atoms with van der Waals surface area (Å²) in [6.07, 6.45) is 5.88. The Balaban J connectivity index is 2.18. The van der Waals surface area contributed by atoms with Crippen molar-refractivity contribution in [3.05, 3.63) is 64.5 Å². The molecule has 0 radical (unpaired) electrons. The van der Waals surface area contributed by atoms with Gasteiger partial charge in [0, 0.05) is 28.3 Å². The lowest BCUT2D eigenvalue weighted by molar-refractivity contribution is 0.492. The lowest BCUT2D eigenvalue weighted by atomic mass is 9.76. The Hall–Kier alpha value is -1.68. The first-order valence-electron chi connectivity index (χ1n) is 7.21. The zero-order chi connectivity index (χ0) is 14.9. The molecule has 1 aromatic carbocycles. The van der Waals surface area contributed by atoms with E-state index in [1.165, 1.54) is 5.56 Å². The van der Waals surface area contributed by atoms with Crippen LogP contribution in [0.5, 0.6) is 0 Å². The molecule has 21 heavy (non-hydrogen) atoms. The molecule has 3 rings (SSSR count). The van der Waals surface area contributed by atoms with Gasteiger partial charge in [-0.05, 0) is 31.0 Å². The van der Waals surface area contributed by atoms with Gasteiger partial charge in [-0.25, -0.2) is 9.50 Å². The van der Waals surface area contributed by atoms with Crippen LogP contribution < -0.4 is 0 Å². The van der Waals surface area contributed by atoms with Crippen LogP contribution in [0.15, 0.2) is 53.3 Å². The molecule has 1 unspecified atom stereocenters. The summed E-state index contributed by atoms with van der Waals surface area (Å²) >= 11 is 3.69. The molecule has 108 valence electrons. The molecular formula is C17H18BrN3. The summed E-state index contributed by atoms with van der Waals surface area (Å²) < 4.78 is 2.98. The minimum absolute atomic E-state index is 0.122. The molecule has 4 heteroatoms. The second-order valence-electron chi connectivity index (χ2n) is 5.51. The van der Waals surface area contributed by atoms with Crippen molar-refractivity contribution in [2.24, 2.45) is 0 Å². The molecule has 2 heterocycles. The summed E-state index contributed by atoms with van der Waals surface area (Å²) in [6, 6.07) is 12.4. The van der Waals surface area contributed by atoms with E-state index in [0.717, 1.165) is 28.7 Å². The molecular weight excluding hydrogens is 326 g/mol. The van der Waals surface area contributed by atoms with Crippen LogP contribution in [-0.2, 0) is 5.41 Å². The average Bonchev–Trinajstić information content (AvgIpc) is 2.92. The lowest BCUT2D eigenvalue weighted by Crippen LogP contribution is -2.24. The van der Waals surface area contributed by atoms with Crippen molar-refractivity contribution >= 4 is 21.6 Å². The van der Waals surface area contributed by atoms with Gasteiger partial charge in [0.15, 0.2) is 5.65 Å². The van der Waals surface area contributed by atoms with E-state index in [9.17, 15) is 0 Å². The highest BCUT2D eigenvalue weighted by Gasteiger charge is 2.32. The molecule has 0 aliphatic carbocycles. The zero-order valence-corrected chi connectivity index (χ0v) is 13.8. The van der Waals surface area contributed by atoms with Gasteiger partial charge in [0.2, 0.25) is 0 Å². The highest BCUT2D eigenvalue weighted by Crippen LogP contribution is 2.39.